The molecule has 0 atom stereocenters. The first-order chi connectivity index (χ1) is 13.6. The molecule has 7 nitrogen and oxygen atoms in total. The van der Waals surface area contributed by atoms with E-state index in [-0.39, 0.29) is 0 Å². The molecule has 0 saturated heterocycles. The number of ether oxygens (including phenoxy) is 2. The van der Waals surface area contributed by atoms with Crippen LogP contribution >= 0.6 is 0 Å². The van der Waals surface area contributed by atoms with Crippen LogP contribution < -0.4 is 20.5 Å². The lowest BCUT2D eigenvalue weighted by Crippen LogP contribution is -2.31. The van der Waals surface area contributed by atoms with Gasteiger partial charge in [-0.25, -0.2) is 9.98 Å². The Morgan fingerprint density at radius 1 is 1.11 bits per heavy atom. The molecule has 3 N–H and O–H groups in total. The highest BCUT2D eigenvalue weighted by Crippen LogP contribution is 2.27. The van der Waals surface area contributed by atoms with Gasteiger partial charge in [0.25, 0.3) is 0 Å². The zero-order valence-electron chi connectivity index (χ0n) is 16.2. The van der Waals surface area contributed by atoms with Gasteiger partial charge in [0.1, 0.15) is 0 Å². The highest BCUT2D eigenvalue weighted by atomic mass is 16.5. The monoisotopic (exact) mass is 380 g/mol. The molecule has 0 amide bonds. The highest BCUT2D eigenvalue weighted by Gasteiger charge is 2.07. The molecule has 0 radical (unpaired) electrons. The Morgan fingerprint density at radius 3 is 2.57 bits per heavy atom. The third-order valence-corrected chi connectivity index (χ3v) is 4.19. The average molecular weight is 380 g/mol. The number of hydrogen-bond donors (Lipinski definition) is 2. The van der Waals surface area contributed by atoms with Crippen molar-refractivity contribution in [2.24, 2.45) is 10.7 Å². The Hall–Kier alpha value is -3.48. The first-order valence-corrected chi connectivity index (χ1v) is 8.85. The Labute approximate surface area is 164 Å². The summed E-state index contributed by atoms with van der Waals surface area (Å²) < 4.78 is 16.3. The van der Waals surface area contributed by atoms with Crippen LogP contribution in [0.25, 0.3) is 11.3 Å². The minimum atomic E-state index is 0.310. The Balaban J connectivity index is 1.57. The van der Waals surface area contributed by atoms with E-state index in [1.165, 1.54) is 5.56 Å². The molecule has 0 saturated carbocycles. The normalized spacial score (nSPS) is 11.3. The minimum absolute atomic E-state index is 0.310. The fraction of sp³-hybridized carbons (Fsp3) is 0.238. The molecule has 1 heterocycles. The molecule has 0 fully saturated rings. The third-order valence-electron chi connectivity index (χ3n) is 4.19. The van der Waals surface area contributed by atoms with Crippen molar-refractivity contribution < 1.29 is 13.9 Å². The molecule has 0 spiro atoms. The van der Waals surface area contributed by atoms with E-state index in [1.807, 2.05) is 49.4 Å². The van der Waals surface area contributed by atoms with E-state index in [4.69, 9.17) is 19.6 Å². The van der Waals surface area contributed by atoms with Crippen molar-refractivity contribution in [1.82, 2.24) is 10.3 Å². The van der Waals surface area contributed by atoms with Gasteiger partial charge >= 0.3 is 0 Å². The van der Waals surface area contributed by atoms with Gasteiger partial charge in [0.2, 0.25) is 5.89 Å². The Kier molecular flexibility index (Phi) is 6.16. The van der Waals surface area contributed by atoms with Crippen molar-refractivity contribution in [3.8, 4) is 22.8 Å². The van der Waals surface area contributed by atoms with Crippen LogP contribution in [0.5, 0.6) is 11.5 Å². The number of guanidine groups is 1. The van der Waals surface area contributed by atoms with Gasteiger partial charge in [0, 0.05) is 5.56 Å². The van der Waals surface area contributed by atoms with Crippen molar-refractivity contribution in [3.05, 3.63) is 65.7 Å². The molecule has 146 valence electrons. The Bertz CT molecular complexity index is 949. The largest absolute Gasteiger partial charge is 0.493 e. The van der Waals surface area contributed by atoms with E-state index in [0.29, 0.717) is 36.4 Å². The molecule has 1 aromatic heterocycles. The van der Waals surface area contributed by atoms with Gasteiger partial charge in [-0.15, -0.1) is 0 Å². The van der Waals surface area contributed by atoms with Crippen molar-refractivity contribution in [1.29, 1.82) is 0 Å². The fourth-order valence-electron chi connectivity index (χ4n) is 2.62. The van der Waals surface area contributed by atoms with Crippen LogP contribution in [0.1, 0.15) is 17.0 Å². The summed E-state index contributed by atoms with van der Waals surface area (Å²) >= 11 is 0. The van der Waals surface area contributed by atoms with Gasteiger partial charge in [-0.2, -0.15) is 0 Å². The van der Waals surface area contributed by atoms with Crippen LogP contribution in [0.3, 0.4) is 0 Å². The lowest BCUT2D eigenvalue weighted by atomic mass is 10.1. The van der Waals surface area contributed by atoms with Crippen molar-refractivity contribution in [2.75, 3.05) is 14.2 Å². The predicted octanol–water partition coefficient (Wildman–Crippen LogP) is 3.27. The summed E-state index contributed by atoms with van der Waals surface area (Å²) in [7, 11) is 3.20. The second-order valence-electron chi connectivity index (χ2n) is 6.23. The Morgan fingerprint density at radius 2 is 1.86 bits per heavy atom. The first-order valence-electron chi connectivity index (χ1n) is 8.85. The van der Waals surface area contributed by atoms with Crippen LogP contribution in [-0.2, 0) is 13.1 Å². The summed E-state index contributed by atoms with van der Waals surface area (Å²) in [5.41, 5.74) is 9.09. The quantitative estimate of drug-likeness (QED) is 0.482. The van der Waals surface area contributed by atoms with Crippen molar-refractivity contribution in [3.63, 3.8) is 0 Å². The van der Waals surface area contributed by atoms with Crippen LogP contribution in [0, 0.1) is 6.92 Å². The maximum Gasteiger partial charge on any atom is 0.214 e. The summed E-state index contributed by atoms with van der Waals surface area (Å²) in [6.45, 7) is 2.82. The average Bonchev–Trinajstić information content (AvgIpc) is 3.20. The van der Waals surface area contributed by atoms with E-state index in [2.05, 4.69) is 15.3 Å². The maximum absolute atomic E-state index is 5.94. The van der Waals surface area contributed by atoms with E-state index < -0.39 is 0 Å². The number of rotatable bonds is 7. The number of nitrogens with zero attached hydrogens (tertiary/aromatic N) is 2. The van der Waals surface area contributed by atoms with Crippen LogP contribution in [0.4, 0.5) is 0 Å². The van der Waals surface area contributed by atoms with Gasteiger partial charge in [0.05, 0.1) is 33.5 Å². The summed E-state index contributed by atoms with van der Waals surface area (Å²) in [6, 6.07) is 13.7. The van der Waals surface area contributed by atoms with Crippen molar-refractivity contribution >= 4 is 5.96 Å². The predicted molar refractivity (Wildman–Crippen MR) is 108 cm³/mol. The standard InChI is InChI=1S/C21H24N4O3/c1-14-4-7-16(8-5-14)19-12-23-20(28-19)13-25-21(22)24-11-15-6-9-17(26-2)18(10-15)27-3/h4-10,12H,11,13H2,1-3H3,(H3,22,24,25). The second kappa shape index (κ2) is 8.94. The number of benzene rings is 2. The van der Waals surface area contributed by atoms with Gasteiger partial charge in [0.15, 0.2) is 23.2 Å². The van der Waals surface area contributed by atoms with Crippen LogP contribution in [-0.4, -0.2) is 25.2 Å². The fourth-order valence-corrected chi connectivity index (χ4v) is 2.62. The molecule has 0 unspecified atom stereocenters. The SMILES string of the molecule is COc1ccc(CN=C(N)NCc2ncc(-c3ccc(C)cc3)o2)cc1OC. The van der Waals surface area contributed by atoms with Gasteiger partial charge in [-0.1, -0.05) is 35.9 Å². The van der Waals surface area contributed by atoms with E-state index in [1.54, 1.807) is 20.4 Å². The van der Waals surface area contributed by atoms with Gasteiger partial charge in [-0.3, -0.25) is 0 Å². The molecule has 2 aromatic carbocycles. The zero-order valence-corrected chi connectivity index (χ0v) is 16.2. The smallest absolute Gasteiger partial charge is 0.214 e. The molecule has 0 bridgehead atoms. The number of hydrogen-bond acceptors (Lipinski definition) is 5. The number of aliphatic imine (C=N–C) groups is 1. The molecule has 0 aliphatic heterocycles. The molecular weight excluding hydrogens is 356 g/mol. The topological polar surface area (TPSA) is 94.9 Å². The molecule has 0 aliphatic carbocycles. The molecular formula is C21H24N4O3. The van der Waals surface area contributed by atoms with Crippen LogP contribution in [0.15, 0.2) is 58.1 Å². The number of nitrogens with two attached hydrogens (primary N) is 1. The van der Waals surface area contributed by atoms with E-state index in [9.17, 15) is 0 Å². The number of oxazole rings is 1. The highest BCUT2D eigenvalue weighted by molar-refractivity contribution is 5.77. The van der Waals surface area contributed by atoms with Gasteiger partial charge < -0.3 is 24.9 Å². The summed E-state index contributed by atoms with van der Waals surface area (Å²) in [5.74, 6) is 2.90. The lowest BCUT2D eigenvalue weighted by molar-refractivity contribution is 0.354. The second-order valence-corrected chi connectivity index (χ2v) is 6.23. The first kappa shape index (κ1) is 19.3. The van der Waals surface area contributed by atoms with Gasteiger partial charge in [-0.05, 0) is 24.6 Å². The third kappa shape index (κ3) is 4.82. The van der Waals surface area contributed by atoms with E-state index in [0.717, 1.165) is 16.9 Å². The molecule has 28 heavy (non-hydrogen) atoms. The molecule has 3 rings (SSSR count). The maximum atomic E-state index is 5.94. The number of nitrogens with one attached hydrogen (secondary N) is 1. The molecule has 3 aromatic rings. The van der Waals surface area contributed by atoms with E-state index >= 15 is 0 Å². The van der Waals surface area contributed by atoms with Crippen molar-refractivity contribution in [2.45, 2.75) is 20.0 Å². The summed E-state index contributed by atoms with van der Waals surface area (Å²) in [6.07, 6.45) is 1.71. The molecule has 7 heteroatoms. The number of methoxy groups -OCH3 is 2. The summed E-state index contributed by atoms with van der Waals surface area (Å²) in [4.78, 5) is 8.61. The number of aromatic nitrogens is 1. The molecule has 0 aliphatic rings. The lowest BCUT2D eigenvalue weighted by Gasteiger charge is -2.09. The summed E-state index contributed by atoms with van der Waals surface area (Å²) in [5, 5.41) is 3.01. The van der Waals surface area contributed by atoms with Crippen LogP contribution in [0.2, 0.25) is 0 Å². The number of aryl methyl sites for hydroxylation is 1. The minimum Gasteiger partial charge on any atom is -0.493 e. The zero-order chi connectivity index (χ0) is 19.9.